The molecule has 1 saturated heterocycles. The minimum atomic E-state index is -0.852. The Kier molecular flexibility index (Phi) is 6.34. The standard InChI is InChI=1S/C19H28N2O5/c1-13(9-14-5-6-15(25-3)16(10-14)26-4)11-20-18(24)21-8-7-19(2,12-21)17(22)23/h5-6,10,13H,7-9,11-12H2,1-4H3,(H,20,24)(H,22,23). The smallest absolute Gasteiger partial charge is 0.317 e. The lowest BCUT2D eigenvalue weighted by Gasteiger charge is -2.21. The largest absolute Gasteiger partial charge is 0.493 e. The molecule has 1 aromatic carbocycles. The monoisotopic (exact) mass is 364 g/mol. The number of ether oxygens (including phenoxy) is 2. The Bertz CT molecular complexity index is 663. The molecule has 7 nitrogen and oxygen atoms in total. The molecule has 1 heterocycles. The first-order valence-electron chi connectivity index (χ1n) is 8.76. The topological polar surface area (TPSA) is 88.1 Å². The van der Waals surface area contributed by atoms with Crippen LogP contribution in [0.4, 0.5) is 4.79 Å². The van der Waals surface area contributed by atoms with Crippen LogP contribution in [0.25, 0.3) is 0 Å². The van der Waals surface area contributed by atoms with Crippen LogP contribution in [0.5, 0.6) is 11.5 Å². The van der Waals surface area contributed by atoms with E-state index >= 15 is 0 Å². The zero-order valence-electron chi connectivity index (χ0n) is 15.9. The van der Waals surface area contributed by atoms with Gasteiger partial charge in [-0.05, 0) is 43.4 Å². The maximum absolute atomic E-state index is 12.3. The molecule has 2 amide bonds. The molecule has 0 saturated carbocycles. The molecular formula is C19H28N2O5. The Hall–Kier alpha value is -2.44. The lowest BCUT2D eigenvalue weighted by atomic mass is 9.90. The van der Waals surface area contributed by atoms with E-state index in [9.17, 15) is 14.7 Å². The number of likely N-dealkylation sites (tertiary alicyclic amines) is 1. The third-order valence-corrected chi connectivity index (χ3v) is 4.91. The van der Waals surface area contributed by atoms with Crippen LogP contribution >= 0.6 is 0 Å². The summed E-state index contributed by atoms with van der Waals surface area (Å²) in [6, 6.07) is 5.60. The second-order valence-electron chi connectivity index (χ2n) is 7.22. The summed E-state index contributed by atoms with van der Waals surface area (Å²) in [5.41, 5.74) is 0.256. The van der Waals surface area contributed by atoms with Crippen molar-refractivity contribution in [1.82, 2.24) is 10.2 Å². The Morgan fingerprint density at radius 3 is 2.58 bits per heavy atom. The van der Waals surface area contributed by atoms with Gasteiger partial charge < -0.3 is 24.8 Å². The predicted molar refractivity (Wildman–Crippen MR) is 97.7 cm³/mol. The van der Waals surface area contributed by atoms with E-state index in [2.05, 4.69) is 12.2 Å². The molecule has 2 N–H and O–H groups in total. The van der Waals surface area contributed by atoms with Gasteiger partial charge in [0, 0.05) is 19.6 Å². The van der Waals surface area contributed by atoms with Gasteiger partial charge in [-0.1, -0.05) is 13.0 Å². The number of nitrogens with one attached hydrogen (secondary N) is 1. The van der Waals surface area contributed by atoms with E-state index in [1.165, 1.54) is 0 Å². The van der Waals surface area contributed by atoms with Crippen molar-refractivity contribution in [3.8, 4) is 11.5 Å². The van der Waals surface area contributed by atoms with Gasteiger partial charge in [-0.2, -0.15) is 0 Å². The zero-order chi connectivity index (χ0) is 19.3. The SMILES string of the molecule is COc1ccc(CC(C)CNC(=O)N2CCC(C)(C(=O)O)C2)cc1OC. The van der Waals surface area contributed by atoms with E-state index in [1.54, 1.807) is 26.0 Å². The van der Waals surface area contributed by atoms with Crippen LogP contribution in [-0.4, -0.2) is 55.9 Å². The molecule has 7 heteroatoms. The molecule has 2 unspecified atom stereocenters. The highest BCUT2D eigenvalue weighted by atomic mass is 16.5. The molecular weight excluding hydrogens is 336 g/mol. The number of carboxylic acids is 1. The van der Waals surface area contributed by atoms with E-state index in [0.717, 1.165) is 12.0 Å². The van der Waals surface area contributed by atoms with E-state index < -0.39 is 11.4 Å². The zero-order valence-corrected chi connectivity index (χ0v) is 15.9. The number of carboxylic acid groups (broad SMARTS) is 1. The normalized spacial score (nSPS) is 20.5. The Morgan fingerprint density at radius 1 is 1.31 bits per heavy atom. The fourth-order valence-corrected chi connectivity index (χ4v) is 3.16. The van der Waals surface area contributed by atoms with Crippen molar-refractivity contribution in [3.63, 3.8) is 0 Å². The summed E-state index contributed by atoms with van der Waals surface area (Å²) in [7, 11) is 3.20. The van der Waals surface area contributed by atoms with Crippen LogP contribution < -0.4 is 14.8 Å². The van der Waals surface area contributed by atoms with Gasteiger partial charge in [0.05, 0.1) is 19.6 Å². The van der Waals surface area contributed by atoms with Crippen LogP contribution in [0.1, 0.15) is 25.8 Å². The van der Waals surface area contributed by atoms with Gasteiger partial charge in [-0.15, -0.1) is 0 Å². The number of methoxy groups -OCH3 is 2. The molecule has 2 atom stereocenters. The first-order valence-corrected chi connectivity index (χ1v) is 8.76. The number of hydrogen-bond acceptors (Lipinski definition) is 4. The minimum absolute atomic E-state index is 0.200. The Morgan fingerprint density at radius 2 is 2.00 bits per heavy atom. The fourth-order valence-electron chi connectivity index (χ4n) is 3.16. The maximum Gasteiger partial charge on any atom is 0.317 e. The number of nitrogens with zero attached hydrogens (tertiary/aromatic N) is 1. The van der Waals surface area contributed by atoms with Gasteiger partial charge in [-0.3, -0.25) is 4.79 Å². The number of urea groups is 1. The van der Waals surface area contributed by atoms with E-state index in [1.807, 2.05) is 18.2 Å². The number of rotatable bonds is 7. The van der Waals surface area contributed by atoms with Gasteiger partial charge in [-0.25, -0.2) is 4.79 Å². The second kappa shape index (κ2) is 8.29. The van der Waals surface area contributed by atoms with Crippen molar-refractivity contribution >= 4 is 12.0 Å². The highest BCUT2D eigenvalue weighted by molar-refractivity contribution is 5.79. The third-order valence-electron chi connectivity index (χ3n) is 4.91. The molecule has 0 radical (unpaired) electrons. The molecule has 0 bridgehead atoms. The summed E-state index contributed by atoms with van der Waals surface area (Å²) < 4.78 is 10.6. The number of carbonyl (C=O) groups excluding carboxylic acids is 1. The van der Waals surface area contributed by atoms with Gasteiger partial charge in [0.2, 0.25) is 0 Å². The minimum Gasteiger partial charge on any atom is -0.493 e. The summed E-state index contributed by atoms with van der Waals surface area (Å²) in [5.74, 6) is 0.749. The van der Waals surface area contributed by atoms with Crippen LogP contribution in [0.3, 0.4) is 0 Å². The highest BCUT2D eigenvalue weighted by Crippen LogP contribution is 2.30. The van der Waals surface area contributed by atoms with Gasteiger partial charge in [0.25, 0.3) is 0 Å². The molecule has 0 spiro atoms. The molecule has 144 valence electrons. The Labute approximate surface area is 154 Å². The van der Waals surface area contributed by atoms with E-state index in [4.69, 9.17) is 9.47 Å². The van der Waals surface area contributed by atoms with Crippen molar-refractivity contribution in [2.45, 2.75) is 26.7 Å². The van der Waals surface area contributed by atoms with Crippen molar-refractivity contribution < 1.29 is 24.2 Å². The molecule has 26 heavy (non-hydrogen) atoms. The van der Waals surface area contributed by atoms with Crippen LogP contribution in [0.2, 0.25) is 0 Å². The lowest BCUT2D eigenvalue weighted by Crippen LogP contribution is -2.42. The summed E-state index contributed by atoms with van der Waals surface area (Å²) in [6.07, 6.45) is 1.27. The first-order chi connectivity index (χ1) is 12.3. The average Bonchev–Trinajstić information content (AvgIpc) is 3.03. The molecule has 0 aliphatic carbocycles. The van der Waals surface area contributed by atoms with Crippen LogP contribution in [0.15, 0.2) is 18.2 Å². The lowest BCUT2D eigenvalue weighted by molar-refractivity contribution is -0.147. The van der Waals surface area contributed by atoms with Crippen LogP contribution in [0, 0.1) is 11.3 Å². The molecule has 0 aromatic heterocycles. The molecule has 1 aromatic rings. The number of amides is 2. The van der Waals surface area contributed by atoms with Crippen molar-refractivity contribution in [2.75, 3.05) is 33.9 Å². The molecule has 1 aliphatic rings. The first kappa shape index (κ1) is 19.9. The second-order valence-corrected chi connectivity index (χ2v) is 7.22. The fraction of sp³-hybridized carbons (Fsp3) is 0.579. The summed E-state index contributed by atoms with van der Waals surface area (Å²) in [4.78, 5) is 25.1. The third kappa shape index (κ3) is 4.59. The molecule has 1 aliphatic heterocycles. The van der Waals surface area contributed by atoms with E-state index in [-0.39, 0.29) is 18.5 Å². The predicted octanol–water partition coefficient (Wildman–Crippen LogP) is 2.39. The maximum atomic E-state index is 12.3. The van der Waals surface area contributed by atoms with Gasteiger partial charge in [0.15, 0.2) is 11.5 Å². The number of hydrogen-bond donors (Lipinski definition) is 2. The van der Waals surface area contributed by atoms with Gasteiger partial charge in [0.1, 0.15) is 0 Å². The highest BCUT2D eigenvalue weighted by Gasteiger charge is 2.42. The van der Waals surface area contributed by atoms with Gasteiger partial charge >= 0.3 is 12.0 Å². The van der Waals surface area contributed by atoms with Crippen molar-refractivity contribution in [3.05, 3.63) is 23.8 Å². The van der Waals surface area contributed by atoms with E-state index in [0.29, 0.717) is 31.0 Å². The quantitative estimate of drug-likeness (QED) is 0.776. The van der Waals surface area contributed by atoms with Crippen LogP contribution in [-0.2, 0) is 11.2 Å². The van der Waals surface area contributed by atoms with Crippen molar-refractivity contribution in [2.24, 2.45) is 11.3 Å². The molecule has 2 rings (SSSR count). The summed E-state index contributed by atoms with van der Waals surface area (Å²) in [6.45, 7) is 4.98. The number of carbonyl (C=O) groups is 2. The Balaban J connectivity index is 1.84. The average molecular weight is 364 g/mol. The molecule has 1 fully saturated rings. The number of aliphatic carboxylic acids is 1. The number of benzene rings is 1. The van der Waals surface area contributed by atoms with Crippen molar-refractivity contribution in [1.29, 1.82) is 0 Å². The summed E-state index contributed by atoms with van der Waals surface area (Å²) in [5, 5.41) is 12.2. The summed E-state index contributed by atoms with van der Waals surface area (Å²) >= 11 is 0.